The van der Waals surface area contributed by atoms with Crippen molar-refractivity contribution in [1.29, 1.82) is 5.41 Å². The number of phenolic OH excluding ortho intramolecular Hbond substituents is 1. The highest BCUT2D eigenvalue weighted by atomic mass is 16.3. The highest BCUT2D eigenvalue weighted by Crippen LogP contribution is 2.52. The third kappa shape index (κ3) is 4.42. The molecule has 0 radical (unpaired) electrons. The number of primary amides is 1. The van der Waals surface area contributed by atoms with E-state index < -0.39 is 57.8 Å². The number of hydrogen-bond donors (Lipinski definition) is 8. The Bertz CT molecular complexity index is 1560. The number of carbonyl (C=O) groups is 3. The largest absolute Gasteiger partial charge is 0.511 e. The Balaban J connectivity index is 1.55. The monoisotopic (exact) mass is 560 g/mol. The van der Waals surface area contributed by atoms with Gasteiger partial charge in [0.1, 0.15) is 17.1 Å². The van der Waals surface area contributed by atoms with Crippen LogP contribution >= 0.6 is 0 Å². The van der Waals surface area contributed by atoms with Crippen LogP contribution in [0, 0.1) is 17.2 Å². The quantitative estimate of drug-likeness (QED) is 0.117. The second-order valence-electron chi connectivity index (χ2n) is 11.1. The number of guanidine groups is 1. The predicted octanol–water partition coefficient (Wildman–Crippen LogP) is 2.84. The van der Waals surface area contributed by atoms with Crippen molar-refractivity contribution in [3.05, 3.63) is 81.3 Å². The lowest BCUT2D eigenvalue weighted by Crippen LogP contribution is -2.57. The van der Waals surface area contributed by atoms with E-state index in [2.05, 4.69) is 10.6 Å². The van der Waals surface area contributed by atoms with E-state index in [1.807, 2.05) is 44.2 Å². The molecule has 9 N–H and O–H groups in total. The highest BCUT2D eigenvalue weighted by Gasteiger charge is 2.59. The second-order valence-corrected chi connectivity index (χ2v) is 11.1. The number of allylic oxidation sites excluding steroid dienone is 2. The van der Waals surface area contributed by atoms with Crippen molar-refractivity contribution in [3.63, 3.8) is 0 Å². The van der Waals surface area contributed by atoms with E-state index in [4.69, 9.17) is 11.1 Å². The molecule has 0 aromatic heterocycles. The molecular weight excluding hydrogens is 528 g/mol. The Kier molecular flexibility index (Phi) is 6.86. The van der Waals surface area contributed by atoms with Crippen molar-refractivity contribution in [1.82, 2.24) is 5.32 Å². The summed E-state index contributed by atoms with van der Waals surface area (Å²) < 4.78 is 0. The molecular formula is C30H32N4O7. The lowest BCUT2D eigenvalue weighted by Gasteiger charge is -2.45. The third-order valence-corrected chi connectivity index (χ3v) is 8.29. The summed E-state index contributed by atoms with van der Waals surface area (Å²) in [6.07, 6.45) is 0.00729. The average molecular weight is 561 g/mol. The summed E-state index contributed by atoms with van der Waals surface area (Å²) in [5.41, 5.74) is 3.88. The molecule has 214 valence electrons. The first-order valence-electron chi connectivity index (χ1n) is 13.4. The molecule has 2 aromatic rings. The van der Waals surface area contributed by atoms with Crippen LogP contribution in [0.4, 0.5) is 5.69 Å². The van der Waals surface area contributed by atoms with E-state index in [9.17, 15) is 34.8 Å². The maximum absolute atomic E-state index is 14.0. The molecule has 2 aromatic carbocycles. The zero-order valence-electron chi connectivity index (χ0n) is 22.6. The molecule has 5 rings (SSSR count). The van der Waals surface area contributed by atoms with Crippen LogP contribution in [0.5, 0.6) is 5.75 Å². The van der Waals surface area contributed by atoms with Gasteiger partial charge >= 0.3 is 0 Å². The molecule has 0 spiro atoms. The van der Waals surface area contributed by atoms with E-state index in [1.165, 1.54) is 0 Å². The summed E-state index contributed by atoms with van der Waals surface area (Å²) in [4.78, 5) is 39.0. The maximum atomic E-state index is 14.0. The minimum atomic E-state index is -2.62. The predicted molar refractivity (Wildman–Crippen MR) is 150 cm³/mol. The topological polar surface area (TPSA) is 206 Å². The Morgan fingerprint density at radius 1 is 1.15 bits per heavy atom. The van der Waals surface area contributed by atoms with Crippen LogP contribution in [0.25, 0.3) is 0 Å². The lowest BCUT2D eigenvalue weighted by atomic mass is 9.60. The van der Waals surface area contributed by atoms with Crippen molar-refractivity contribution in [2.24, 2.45) is 17.6 Å². The zero-order valence-corrected chi connectivity index (χ0v) is 22.6. The minimum absolute atomic E-state index is 0.0647. The molecule has 41 heavy (non-hydrogen) atoms. The number of benzene rings is 2. The average Bonchev–Trinajstić information content (AvgIpc) is 2.91. The van der Waals surface area contributed by atoms with Crippen LogP contribution in [-0.2, 0) is 22.6 Å². The van der Waals surface area contributed by atoms with Gasteiger partial charge in [0.05, 0.1) is 11.3 Å². The van der Waals surface area contributed by atoms with Gasteiger partial charge in [0.15, 0.2) is 23.1 Å². The molecule has 3 atom stereocenters. The maximum Gasteiger partial charge on any atom is 0.255 e. The smallest absolute Gasteiger partial charge is 0.255 e. The van der Waals surface area contributed by atoms with E-state index in [-0.39, 0.29) is 48.0 Å². The molecule has 0 heterocycles. The first-order chi connectivity index (χ1) is 19.4. The van der Waals surface area contributed by atoms with Crippen LogP contribution in [0.15, 0.2) is 59.1 Å². The number of hydrogen-bond acceptors (Lipinski definition) is 8. The van der Waals surface area contributed by atoms with Crippen LogP contribution < -0.4 is 16.4 Å². The number of fused-ring (bicyclic) bond motifs is 3. The number of Topliss-reactive ketones (excluding diaryl/α,β-unsaturated/α-hetero) is 2. The second kappa shape index (κ2) is 10.1. The summed E-state index contributed by atoms with van der Waals surface area (Å²) in [5, 5.41) is 58.4. The summed E-state index contributed by atoms with van der Waals surface area (Å²) in [6, 6.07) is 11.1. The van der Waals surface area contributed by atoms with Crippen molar-refractivity contribution >= 4 is 29.1 Å². The molecule has 1 amide bonds. The normalized spacial score (nSPS) is 23.6. The number of anilines is 1. The number of ketones is 2. The summed E-state index contributed by atoms with van der Waals surface area (Å²) in [7, 11) is 0. The Morgan fingerprint density at radius 3 is 2.46 bits per heavy atom. The van der Waals surface area contributed by atoms with Crippen LogP contribution in [-0.4, -0.2) is 49.5 Å². The fraction of sp³-hybridized carbons (Fsp3) is 0.333. The lowest BCUT2D eigenvalue weighted by molar-refractivity contribution is -0.144. The first kappa shape index (κ1) is 27.9. The molecule has 3 aliphatic rings. The number of nitrogens with one attached hydrogen (secondary N) is 3. The molecule has 3 aliphatic carbocycles. The zero-order chi connectivity index (χ0) is 29.8. The molecule has 0 bridgehead atoms. The van der Waals surface area contributed by atoms with Crippen molar-refractivity contribution in [2.75, 3.05) is 5.32 Å². The van der Waals surface area contributed by atoms with Gasteiger partial charge in [-0.15, -0.1) is 0 Å². The standard InChI is InChI=1S/C30H32N4O7/c1-13(2)17-11-19(34-29(32)33-12-14-6-4-3-5-7-14)24(36)22-18(17)9-15-8-16-10-20(35)23(28(31)40)27(39)30(16,41)26(38)21(15)25(22)37/h3-7,11,13,15-16,35-36,38,41H,8-10,12H2,1-2H3,(H2,31,40)(H3,32,33,34)/t15-,16+,30+/m1/s1. The number of aliphatic hydroxyl groups is 3. The molecule has 0 fully saturated rings. The van der Waals surface area contributed by atoms with Crippen molar-refractivity contribution in [3.8, 4) is 5.75 Å². The van der Waals surface area contributed by atoms with Crippen molar-refractivity contribution < 1.29 is 34.8 Å². The summed E-state index contributed by atoms with van der Waals surface area (Å²) in [5.74, 6) is -6.97. The molecule has 0 saturated heterocycles. The number of aromatic hydroxyl groups is 1. The SMILES string of the molecule is CC(C)c1cc(NC(=N)NCc2ccccc2)c(O)c2c1C[C@H]1C[C@H]3CC(O)=C(C(N)=O)C(=O)[C@@]3(O)C(O)=C1C2=O. The fourth-order valence-corrected chi connectivity index (χ4v) is 6.29. The van der Waals surface area contributed by atoms with Crippen LogP contribution in [0.3, 0.4) is 0 Å². The molecule has 0 aliphatic heterocycles. The van der Waals surface area contributed by atoms with Gasteiger partial charge in [-0.05, 0) is 47.4 Å². The van der Waals surface area contributed by atoms with Gasteiger partial charge in [0.2, 0.25) is 5.78 Å². The van der Waals surface area contributed by atoms with Gasteiger partial charge in [0.25, 0.3) is 5.91 Å². The van der Waals surface area contributed by atoms with Gasteiger partial charge in [-0.2, -0.15) is 0 Å². The van der Waals surface area contributed by atoms with E-state index in [0.717, 1.165) is 11.1 Å². The van der Waals surface area contributed by atoms with E-state index in [0.29, 0.717) is 12.1 Å². The van der Waals surface area contributed by atoms with Crippen molar-refractivity contribution in [2.45, 2.75) is 51.2 Å². The summed E-state index contributed by atoms with van der Waals surface area (Å²) in [6.45, 7) is 4.20. The number of amides is 1. The minimum Gasteiger partial charge on any atom is -0.511 e. The molecule has 11 nitrogen and oxygen atoms in total. The van der Waals surface area contributed by atoms with Gasteiger partial charge in [0, 0.05) is 24.5 Å². The van der Waals surface area contributed by atoms with Gasteiger partial charge in [-0.1, -0.05) is 44.2 Å². The van der Waals surface area contributed by atoms with Gasteiger partial charge in [-0.25, -0.2) is 0 Å². The highest BCUT2D eigenvalue weighted by molar-refractivity contribution is 6.24. The van der Waals surface area contributed by atoms with Crippen LogP contribution in [0.1, 0.15) is 59.7 Å². The third-order valence-electron chi connectivity index (χ3n) is 8.29. The number of nitrogens with two attached hydrogens (primary N) is 1. The van der Waals surface area contributed by atoms with E-state index in [1.54, 1.807) is 6.07 Å². The van der Waals surface area contributed by atoms with Gasteiger partial charge < -0.3 is 36.8 Å². The first-order valence-corrected chi connectivity index (χ1v) is 13.4. The molecule has 11 heteroatoms. The Hall–Kier alpha value is -4.64. The number of carbonyl (C=O) groups excluding carboxylic acids is 3. The number of rotatable bonds is 5. The van der Waals surface area contributed by atoms with Crippen LogP contribution in [0.2, 0.25) is 0 Å². The number of phenols is 1. The fourth-order valence-electron chi connectivity index (χ4n) is 6.29. The van der Waals surface area contributed by atoms with Gasteiger partial charge in [-0.3, -0.25) is 19.8 Å². The van der Waals surface area contributed by atoms with E-state index >= 15 is 0 Å². The summed E-state index contributed by atoms with van der Waals surface area (Å²) >= 11 is 0. The Morgan fingerprint density at radius 2 is 1.83 bits per heavy atom. The molecule has 0 saturated carbocycles. The Labute approximate surface area is 235 Å². The number of aliphatic hydroxyl groups excluding tert-OH is 2. The molecule has 0 unspecified atom stereocenters.